The number of nitrogens with one attached hydrogen (secondary N) is 1. The van der Waals surface area contributed by atoms with Crippen molar-refractivity contribution >= 4 is 17.9 Å². The molecule has 1 N–H and O–H groups in total. The zero-order valence-corrected chi connectivity index (χ0v) is 10.8. The lowest BCUT2D eigenvalue weighted by Gasteiger charge is -2.21. The van der Waals surface area contributed by atoms with E-state index in [1.807, 2.05) is 31.0 Å². The van der Waals surface area contributed by atoms with Gasteiger partial charge in [-0.15, -0.1) is 0 Å². The lowest BCUT2D eigenvalue weighted by atomic mass is 10.1. The van der Waals surface area contributed by atoms with E-state index < -0.39 is 0 Å². The van der Waals surface area contributed by atoms with Gasteiger partial charge >= 0.3 is 0 Å². The van der Waals surface area contributed by atoms with Crippen molar-refractivity contribution in [3.63, 3.8) is 0 Å². The largest absolute Gasteiger partial charge is 0.365 e. The highest BCUT2D eigenvalue weighted by atomic mass is 16.2. The van der Waals surface area contributed by atoms with Crippen molar-refractivity contribution in [3.05, 3.63) is 29.3 Å². The minimum atomic E-state index is 0.0545. The number of anilines is 1. The highest BCUT2D eigenvalue weighted by molar-refractivity contribution is 5.82. The molecule has 0 saturated heterocycles. The summed E-state index contributed by atoms with van der Waals surface area (Å²) >= 11 is 0. The first-order valence-corrected chi connectivity index (χ1v) is 6.16. The number of benzene rings is 1. The fourth-order valence-electron chi connectivity index (χ4n) is 1.98. The van der Waals surface area contributed by atoms with Crippen LogP contribution in [0.1, 0.15) is 28.8 Å². The van der Waals surface area contributed by atoms with Crippen molar-refractivity contribution in [1.82, 2.24) is 5.32 Å². The monoisotopic (exact) mass is 246 g/mol. The minimum Gasteiger partial charge on any atom is -0.365 e. The Bertz CT molecular complexity index is 467. The number of aryl methyl sites for hydroxylation is 1. The fourth-order valence-corrected chi connectivity index (χ4v) is 1.98. The number of aldehydes is 1. The number of hydrogen-bond donors (Lipinski definition) is 1. The maximum absolute atomic E-state index is 11.7. The zero-order chi connectivity index (χ0) is 13.1. The molecule has 0 unspecified atom stereocenters. The molecule has 0 aromatic heterocycles. The molecule has 0 bridgehead atoms. The van der Waals surface area contributed by atoms with Crippen LogP contribution in [0.5, 0.6) is 0 Å². The number of likely N-dealkylation sites (N-methyl/N-ethyl adjacent to an activating group) is 1. The van der Waals surface area contributed by atoms with Crippen LogP contribution >= 0.6 is 0 Å². The summed E-state index contributed by atoms with van der Waals surface area (Å²) in [5, 5.41) is 2.96. The van der Waals surface area contributed by atoms with Crippen LogP contribution in [0.3, 0.4) is 0 Å². The lowest BCUT2D eigenvalue weighted by molar-refractivity contribution is -0.119. The summed E-state index contributed by atoms with van der Waals surface area (Å²) in [6, 6.07) is 5.87. The second-order valence-corrected chi connectivity index (χ2v) is 4.86. The van der Waals surface area contributed by atoms with Gasteiger partial charge in [0.1, 0.15) is 6.29 Å². The maximum Gasteiger partial charge on any atom is 0.239 e. The summed E-state index contributed by atoms with van der Waals surface area (Å²) in [4.78, 5) is 24.3. The summed E-state index contributed by atoms with van der Waals surface area (Å²) in [7, 11) is 1.88. The van der Waals surface area contributed by atoms with Crippen molar-refractivity contribution in [1.29, 1.82) is 0 Å². The SMILES string of the molecule is Cc1cc(C=O)ccc1N(C)CC(=O)NC1CC1. The quantitative estimate of drug-likeness (QED) is 0.801. The summed E-state index contributed by atoms with van der Waals surface area (Å²) < 4.78 is 0. The Morgan fingerprint density at radius 1 is 1.50 bits per heavy atom. The highest BCUT2D eigenvalue weighted by Crippen LogP contribution is 2.20. The molecule has 1 aliphatic rings. The predicted molar refractivity (Wildman–Crippen MR) is 71.0 cm³/mol. The van der Waals surface area contributed by atoms with Gasteiger partial charge in [-0.25, -0.2) is 0 Å². The Labute approximate surface area is 107 Å². The molecule has 0 atom stereocenters. The number of nitrogens with zero attached hydrogens (tertiary/aromatic N) is 1. The standard InChI is InChI=1S/C14H18N2O2/c1-10-7-11(9-17)3-6-13(10)16(2)8-14(18)15-12-4-5-12/h3,6-7,9,12H,4-5,8H2,1-2H3,(H,15,18). The second kappa shape index (κ2) is 5.21. The minimum absolute atomic E-state index is 0.0545. The van der Waals surface area contributed by atoms with Gasteiger partial charge in [0.2, 0.25) is 5.91 Å². The summed E-state index contributed by atoms with van der Waals surface area (Å²) in [6.07, 6.45) is 3.03. The van der Waals surface area contributed by atoms with Gasteiger partial charge in [0.15, 0.2) is 0 Å². The van der Waals surface area contributed by atoms with E-state index in [1.54, 1.807) is 6.07 Å². The smallest absolute Gasteiger partial charge is 0.239 e. The number of amides is 1. The van der Waals surface area contributed by atoms with Crippen molar-refractivity contribution in [2.24, 2.45) is 0 Å². The lowest BCUT2D eigenvalue weighted by Crippen LogP contribution is -2.36. The molecule has 0 radical (unpaired) electrons. The van der Waals surface area contributed by atoms with Crippen LogP contribution in [-0.2, 0) is 4.79 Å². The third-order valence-electron chi connectivity index (χ3n) is 3.09. The first-order valence-electron chi connectivity index (χ1n) is 6.16. The number of rotatable bonds is 5. The van der Waals surface area contributed by atoms with Gasteiger partial charge < -0.3 is 10.2 Å². The molecule has 1 saturated carbocycles. The van der Waals surface area contributed by atoms with E-state index in [0.717, 1.165) is 30.4 Å². The third-order valence-corrected chi connectivity index (χ3v) is 3.09. The van der Waals surface area contributed by atoms with Gasteiger partial charge in [0.05, 0.1) is 6.54 Å². The van der Waals surface area contributed by atoms with Gasteiger partial charge in [-0.1, -0.05) is 0 Å². The van der Waals surface area contributed by atoms with E-state index in [-0.39, 0.29) is 5.91 Å². The molecular weight excluding hydrogens is 228 g/mol. The van der Waals surface area contributed by atoms with Crippen LogP contribution in [0.2, 0.25) is 0 Å². The van der Waals surface area contributed by atoms with Gasteiger partial charge in [-0.05, 0) is 43.5 Å². The van der Waals surface area contributed by atoms with Crippen LogP contribution in [-0.4, -0.2) is 31.8 Å². The molecule has 0 aliphatic heterocycles. The topological polar surface area (TPSA) is 49.4 Å². The van der Waals surface area contributed by atoms with Gasteiger partial charge in [0.25, 0.3) is 0 Å². The van der Waals surface area contributed by atoms with E-state index in [9.17, 15) is 9.59 Å². The molecule has 2 rings (SSSR count). The Morgan fingerprint density at radius 3 is 2.78 bits per heavy atom. The molecule has 0 heterocycles. The van der Waals surface area contributed by atoms with E-state index >= 15 is 0 Å². The first kappa shape index (κ1) is 12.6. The first-order chi connectivity index (χ1) is 8.60. The summed E-state index contributed by atoms with van der Waals surface area (Å²) in [5.41, 5.74) is 2.64. The number of hydrogen-bond acceptors (Lipinski definition) is 3. The molecule has 4 heteroatoms. The van der Waals surface area contributed by atoms with Crippen LogP contribution in [0.25, 0.3) is 0 Å². The van der Waals surface area contributed by atoms with E-state index in [2.05, 4.69) is 5.32 Å². The molecule has 96 valence electrons. The Hall–Kier alpha value is -1.84. The Morgan fingerprint density at radius 2 is 2.22 bits per heavy atom. The molecule has 1 aliphatic carbocycles. The molecule has 4 nitrogen and oxygen atoms in total. The van der Waals surface area contributed by atoms with Crippen molar-refractivity contribution in [3.8, 4) is 0 Å². The molecule has 1 amide bonds. The number of carbonyl (C=O) groups excluding carboxylic acids is 2. The molecule has 18 heavy (non-hydrogen) atoms. The van der Waals surface area contributed by atoms with E-state index in [1.165, 1.54) is 0 Å². The Kier molecular flexibility index (Phi) is 3.65. The highest BCUT2D eigenvalue weighted by Gasteiger charge is 2.23. The molecular formula is C14H18N2O2. The summed E-state index contributed by atoms with van der Waals surface area (Å²) in [5.74, 6) is 0.0545. The molecule has 1 aromatic carbocycles. The average molecular weight is 246 g/mol. The maximum atomic E-state index is 11.7. The molecule has 0 spiro atoms. The summed E-state index contributed by atoms with van der Waals surface area (Å²) in [6.45, 7) is 2.29. The van der Waals surface area contributed by atoms with Crippen LogP contribution < -0.4 is 10.2 Å². The van der Waals surface area contributed by atoms with E-state index in [0.29, 0.717) is 18.2 Å². The van der Waals surface area contributed by atoms with Gasteiger partial charge in [0, 0.05) is 24.3 Å². The average Bonchev–Trinajstić information content (AvgIpc) is 3.12. The van der Waals surface area contributed by atoms with Crippen molar-refractivity contribution in [2.45, 2.75) is 25.8 Å². The Balaban J connectivity index is 2.00. The fraction of sp³-hybridized carbons (Fsp3) is 0.429. The molecule has 1 fully saturated rings. The van der Waals surface area contributed by atoms with Crippen molar-refractivity contribution in [2.75, 3.05) is 18.5 Å². The van der Waals surface area contributed by atoms with Crippen LogP contribution in [0.15, 0.2) is 18.2 Å². The second-order valence-electron chi connectivity index (χ2n) is 4.86. The predicted octanol–water partition coefficient (Wildman–Crippen LogP) is 1.52. The number of carbonyl (C=O) groups is 2. The van der Waals surface area contributed by atoms with Crippen LogP contribution in [0.4, 0.5) is 5.69 Å². The van der Waals surface area contributed by atoms with Gasteiger partial charge in [-0.3, -0.25) is 9.59 Å². The van der Waals surface area contributed by atoms with Crippen molar-refractivity contribution < 1.29 is 9.59 Å². The van der Waals surface area contributed by atoms with Crippen LogP contribution in [0, 0.1) is 6.92 Å². The third kappa shape index (κ3) is 3.09. The normalized spacial score (nSPS) is 14.1. The van der Waals surface area contributed by atoms with E-state index in [4.69, 9.17) is 0 Å². The zero-order valence-electron chi connectivity index (χ0n) is 10.8. The molecule has 1 aromatic rings. The van der Waals surface area contributed by atoms with Gasteiger partial charge in [-0.2, -0.15) is 0 Å².